The number of hydrogen-bond acceptors (Lipinski definition) is 1. The van der Waals surface area contributed by atoms with E-state index in [4.69, 9.17) is 11.3 Å². The molecular weight excluding hydrogens is 126 g/mol. The third-order valence-corrected chi connectivity index (χ3v) is 1.95. The summed E-state index contributed by atoms with van der Waals surface area (Å²) in [5.41, 5.74) is 0. The SMILES string of the molecule is [C-]#[N+]C[C@@H]1CC[C@@H](CC)O1. The number of hydrogen-bond donors (Lipinski definition) is 0. The van der Waals surface area contributed by atoms with E-state index < -0.39 is 0 Å². The molecule has 0 unspecified atom stereocenters. The summed E-state index contributed by atoms with van der Waals surface area (Å²) in [4.78, 5) is 3.31. The molecule has 56 valence electrons. The van der Waals surface area contributed by atoms with Crippen molar-refractivity contribution in [2.75, 3.05) is 6.54 Å². The van der Waals surface area contributed by atoms with Gasteiger partial charge >= 0.3 is 0 Å². The molecule has 0 bridgehead atoms. The molecule has 1 aliphatic rings. The topological polar surface area (TPSA) is 13.6 Å². The molecule has 1 fully saturated rings. The van der Waals surface area contributed by atoms with Gasteiger partial charge in [-0.3, -0.25) is 0 Å². The molecule has 1 aliphatic heterocycles. The van der Waals surface area contributed by atoms with E-state index in [2.05, 4.69) is 11.8 Å². The lowest BCUT2D eigenvalue weighted by Crippen LogP contribution is -2.11. The Morgan fingerprint density at radius 2 is 2.20 bits per heavy atom. The first-order chi connectivity index (χ1) is 4.86. The maximum Gasteiger partial charge on any atom is 0.240 e. The first kappa shape index (κ1) is 7.56. The molecule has 2 atom stereocenters. The van der Waals surface area contributed by atoms with Crippen molar-refractivity contribution in [3.8, 4) is 0 Å². The minimum absolute atomic E-state index is 0.238. The second-order valence-corrected chi connectivity index (χ2v) is 2.71. The van der Waals surface area contributed by atoms with E-state index >= 15 is 0 Å². The maximum absolute atomic E-state index is 6.64. The molecule has 0 amide bonds. The van der Waals surface area contributed by atoms with E-state index in [9.17, 15) is 0 Å². The Balaban J connectivity index is 2.23. The van der Waals surface area contributed by atoms with Crippen molar-refractivity contribution in [3.05, 3.63) is 11.4 Å². The molecule has 0 N–H and O–H groups in total. The zero-order valence-electron chi connectivity index (χ0n) is 6.34. The number of nitrogens with zero attached hydrogens (tertiary/aromatic N) is 1. The molecule has 10 heavy (non-hydrogen) atoms. The number of ether oxygens (including phenoxy) is 1. The average Bonchev–Trinajstić information content (AvgIpc) is 2.37. The second kappa shape index (κ2) is 3.58. The number of rotatable bonds is 2. The third-order valence-electron chi connectivity index (χ3n) is 1.95. The summed E-state index contributed by atoms with van der Waals surface area (Å²) in [6.45, 7) is 9.32. The van der Waals surface area contributed by atoms with E-state index in [0.717, 1.165) is 19.3 Å². The van der Waals surface area contributed by atoms with Gasteiger partial charge in [0.1, 0.15) is 6.10 Å². The summed E-state index contributed by atoms with van der Waals surface area (Å²) in [6.07, 6.45) is 4.00. The van der Waals surface area contributed by atoms with Gasteiger partial charge in [-0.1, -0.05) is 6.92 Å². The highest BCUT2D eigenvalue weighted by atomic mass is 16.5. The Kier molecular flexibility index (Phi) is 2.70. The van der Waals surface area contributed by atoms with Crippen LogP contribution in [0.1, 0.15) is 26.2 Å². The van der Waals surface area contributed by atoms with Crippen molar-refractivity contribution in [2.24, 2.45) is 0 Å². The van der Waals surface area contributed by atoms with Gasteiger partial charge in [0, 0.05) is 0 Å². The van der Waals surface area contributed by atoms with E-state index in [1.54, 1.807) is 0 Å². The van der Waals surface area contributed by atoms with E-state index in [0.29, 0.717) is 12.6 Å². The van der Waals surface area contributed by atoms with Crippen LogP contribution in [0.4, 0.5) is 0 Å². The monoisotopic (exact) mass is 139 g/mol. The van der Waals surface area contributed by atoms with Crippen molar-refractivity contribution in [2.45, 2.75) is 38.4 Å². The highest BCUT2D eigenvalue weighted by molar-refractivity contribution is 4.78. The first-order valence-electron chi connectivity index (χ1n) is 3.85. The Morgan fingerprint density at radius 3 is 2.70 bits per heavy atom. The lowest BCUT2D eigenvalue weighted by molar-refractivity contribution is 0.0523. The molecule has 0 aromatic rings. The molecule has 0 radical (unpaired) electrons. The van der Waals surface area contributed by atoms with Gasteiger partial charge in [-0.2, -0.15) is 0 Å². The van der Waals surface area contributed by atoms with Gasteiger partial charge in [0.2, 0.25) is 6.54 Å². The van der Waals surface area contributed by atoms with Gasteiger partial charge in [0.25, 0.3) is 0 Å². The summed E-state index contributed by atoms with van der Waals surface area (Å²) >= 11 is 0. The lowest BCUT2D eigenvalue weighted by atomic mass is 10.2. The van der Waals surface area contributed by atoms with Crippen LogP contribution in [0.2, 0.25) is 0 Å². The van der Waals surface area contributed by atoms with Crippen LogP contribution in [0.15, 0.2) is 0 Å². The Hall–Kier alpha value is -0.550. The molecular formula is C8H13NO. The zero-order chi connectivity index (χ0) is 7.40. The smallest absolute Gasteiger partial charge is 0.240 e. The van der Waals surface area contributed by atoms with Crippen LogP contribution < -0.4 is 0 Å². The van der Waals surface area contributed by atoms with E-state index in [1.807, 2.05) is 0 Å². The third kappa shape index (κ3) is 1.71. The van der Waals surface area contributed by atoms with Gasteiger partial charge in [0.15, 0.2) is 0 Å². The van der Waals surface area contributed by atoms with Crippen LogP contribution in [0.3, 0.4) is 0 Å². The van der Waals surface area contributed by atoms with Crippen LogP contribution in [-0.4, -0.2) is 18.8 Å². The molecule has 2 heteroatoms. The molecule has 0 spiro atoms. The fourth-order valence-electron chi connectivity index (χ4n) is 1.32. The van der Waals surface area contributed by atoms with Crippen molar-refractivity contribution >= 4 is 0 Å². The summed E-state index contributed by atoms with van der Waals surface area (Å²) < 4.78 is 5.54. The van der Waals surface area contributed by atoms with E-state index in [1.165, 1.54) is 0 Å². The summed E-state index contributed by atoms with van der Waals surface area (Å²) in [6, 6.07) is 0. The van der Waals surface area contributed by atoms with Gasteiger partial charge in [0.05, 0.1) is 6.10 Å². The Bertz CT molecular complexity index is 139. The average molecular weight is 139 g/mol. The van der Waals surface area contributed by atoms with Crippen molar-refractivity contribution < 1.29 is 4.74 Å². The predicted molar refractivity (Wildman–Crippen MR) is 39.7 cm³/mol. The zero-order valence-corrected chi connectivity index (χ0v) is 6.34. The lowest BCUT2D eigenvalue weighted by Gasteiger charge is -2.06. The molecule has 0 aliphatic carbocycles. The summed E-state index contributed by atoms with van der Waals surface area (Å²) in [5.74, 6) is 0. The molecule has 0 aromatic heterocycles. The van der Waals surface area contributed by atoms with Crippen LogP contribution >= 0.6 is 0 Å². The van der Waals surface area contributed by atoms with Crippen LogP contribution in [0, 0.1) is 6.57 Å². The van der Waals surface area contributed by atoms with Crippen LogP contribution in [0.5, 0.6) is 0 Å². The van der Waals surface area contributed by atoms with Gasteiger partial charge in [-0.05, 0) is 19.3 Å². The van der Waals surface area contributed by atoms with Gasteiger partial charge < -0.3 is 9.58 Å². The quantitative estimate of drug-likeness (QED) is 0.532. The molecule has 1 saturated heterocycles. The highest BCUT2D eigenvalue weighted by Crippen LogP contribution is 2.21. The van der Waals surface area contributed by atoms with Crippen molar-refractivity contribution in [3.63, 3.8) is 0 Å². The Labute approximate surface area is 62.0 Å². The molecule has 1 rings (SSSR count). The summed E-state index contributed by atoms with van der Waals surface area (Å²) in [5, 5.41) is 0. The summed E-state index contributed by atoms with van der Waals surface area (Å²) in [7, 11) is 0. The largest absolute Gasteiger partial charge is 0.367 e. The van der Waals surface area contributed by atoms with Gasteiger partial charge in [-0.25, -0.2) is 6.57 Å². The Morgan fingerprint density at radius 1 is 1.50 bits per heavy atom. The maximum atomic E-state index is 6.64. The minimum Gasteiger partial charge on any atom is -0.367 e. The highest BCUT2D eigenvalue weighted by Gasteiger charge is 2.25. The van der Waals surface area contributed by atoms with Crippen molar-refractivity contribution in [1.29, 1.82) is 0 Å². The molecule has 1 heterocycles. The van der Waals surface area contributed by atoms with Crippen LogP contribution in [-0.2, 0) is 4.74 Å². The minimum atomic E-state index is 0.238. The molecule has 0 saturated carbocycles. The normalized spacial score (nSPS) is 32.0. The van der Waals surface area contributed by atoms with E-state index in [-0.39, 0.29) is 6.10 Å². The fourth-order valence-corrected chi connectivity index (χ4v) is 1.32. The molecule has 2 nitrogen and oxygen atoms in total. The first-order valence-corrected chi connectivity index (χ1v) is 3.85. The standard InChI is InChI=1S/C8H13NO/c1-3-7-4-5-8(10-7)6-9-2/h7-8H,3-6H2,1H3/t7-,8+/m1/s1. The fraction of sp³-hybridized carbons (Fsp3) is 0.875. The van der Waals surface area contributed by atoms with Crippen LogP contribution in [0.25, 0.3) is 4.85 Å². The molecule has 0 aromatic carbocycles. The second-order valence-electron chi connectivity index (χ2n) is 2.71. The predicted octanol–water partition coefficient (Wildman–Crippen LogP) is 1.86. The van der Waals surface area contributed by atoms with Crippen molar-refractivity contribution in [1.82, 2.24) is 0 Å². The van der Waals surface area contributed by atoms with Gasteiger partial charge in [-0.15, -0.1) is 0 Å².